The van der Waals surface area contributed by atoms with Crippen molar-refractivity contribution in [1.82, 2.24) is 4.57 Å². The van der Waals surface area contributed by atoms with Gasteiger partial charge in [-0.15, -0.1) is 11.3 Å². The summed E-state index contributed by atoms with van der Waals surface area (Å²) in [4.78, 5) is 1.35. The zero-order chi connectivity index (χ0) is 11.0. The third-order valence-corrected chi connectivity index (χ3v) is 3.99. The highest BCUT2D eigenvalue weighted by Gasteiger charge is 2.12. The predicted molar refractivity (Wildman–Crippen MR) is 66.1 cm³/mol. The quantitative estimate of drug-likeness (QED) is 0.829. The van der Waals surface area contributed by atoms with Gasteiger partial charge in [-0.05, 0) is 42.5 Å². The van der Waals surface area contributed by atoms with Crippen LogP contribution in [0.1, 0.15) is 16.8 Å². The monoisotopic (exact) mass is 220 g/mol. The Hall–Kier alpha value is -1.06. The molecule has 0 unspecified atom stereocenters. The third kappa shape index (κ3) is 1.62. The molecule has 0 aliphatic heterocycles. The molecule has 0 spiro atoms. The van der Waals surface area contributed by atoms with E-state index >= 15 is 0 Å². The van der Waals surface area contributed by atoms with Gasteiger partial charge < -0.3 is 10.3 Å². The van der Waals surface area contributed by atoms with Gasteiger partial charge >= 0.3 is 0 Å². The van der Waals surface area contributed by atoms with Crippen molar-refractivity contribution in [2.24, 2.45) is 12.8 Å². The Balaban J connectivity index is 2.59. The summed E-state index contributed by atoms with van der Waals surface area (Å²) in [7, 11) is 2.10. The smallest absolute Gasteiger partial charge is 0.0587 e. The number of nitrogens with two attached hydrogens (primary N) is 1. The molecule has 0 amide bonds. The molecule has 0 atom stereocenters. The molecule has 2 N–H and O–H groups in total. The molecular weight excluding hydrogens is 204 g/mol. The van der Waals surface area contributed by atoms with Gasteiger partial charge in [0, 0.05) is 19.3 Å². The number of aryl methyl sites for hydroxylation is 1. The van der Waals surface area contributed by atoms with Gasteiger partial charge in [0.25, 0.3) is 0 Å². The number of hydrogen-bond donors (Lipinski definition) is 1. The molecule has 3 heteroatoms. The van der Waals surface area contributed by atoms with Crippen LogP contribution in [-0.4, -0.2) is 4.57 Å². The summed E-state index contributed by atoms with van der Waals surface area (Å²) in [6, 6.07) is 4.36. The van der Waals surface area contributed by atoms with Gasteiger partial charge in [0.05, 0.1) is 10.6 Å². The van der Waals surface area contributed by atoms with Crippen molar-refractivity contribution in [3.63, 3.8) is 0 Å². The summed E-state index contributed by atoms with van der Waals surface area (Å²) >= 11 is 1.79. The highest BCUT2D eigenvalue weighted by molar-refractivity contribution is 7.13. The second kappa shape index (κ2) is 3.83. The maximum atomic E-state index is 5.71. The molecule has 0 aliphatic rings. The van der Waals surface area contributed by atoms with Crippen molar-refractivity contribution in [2.45, 2.75) is 20.4 Å². The van der Waals surface area contributed by atoms with E-state index < -0.39 is 0 Å². The van der Waals surface area contributed by atoms with Gasteiger partial charge in [-0.2, -0.15) is 0 Å². The van der Waals surface area contributed by atoms with E-state index in [0.29, 0.717) is 6.54 Å². The number of thiophene rings is 1. The Labute approximate surface area is 94.3 Å². The van der Waals surface area contributed by atoms with Gasteiger partial charge in [0.2, 0.25) is 0 Å². The summed E-state index contributed by atoms with van der Waals surface area (Å²) < 4.78 is 2.22. The van der Waals surface area contributed by atoms with E-state index in [9.17, 15) is 0 Å². The fourth-order valence-electron chi connectivity index (χ4n) is 1.82. The molecule has 2 heterocycles. The maximum Gasteiger partial charge on any atom is 0.0587 e. The molecule has 80 valence electrons. The molecule has 0 saturated carbocycles. The Kier molecular flexibility index (Phi) is 2.67. The van der Waals surface area contributed by atoms with Crippen molar-refractivity contribution in [3.05, 3.63) is 34.3 Å². The standard InChI is InChI=1S/C12H16N2S/c1-8-4-5-15-12(8)11-6-10(7-13)9(2)14(11)3/h4-6H,7,13H2,1-3H3. The van der Waals surface area contributed by atoms with Gasteiger partial charge in [-0.25, -0.2) is 0 Å². The summed E-state index contributed by atoms with van der Waals surface area (Å²) in [5, 5.41) is 2.13. The molecule has 15 heavy (non-hydrogen) atoms. The molecule has 0 aromatic carbocycles. The Bertz CT molecular complexity index is 480. The fourth-order valence-corrected chi connectivity index (χ4v) is 2.80. The van der Waals surface area contributed by atoms with E-state index in [1.165, 1.54) is 27.4 Å². The molecule has 0 aliphatic carbocycles. The highest BCUT2D eigenvalue weighted by Crippen LogP contribution is 2.31. The molecule has 0 bridgehead atoms. The first-order valence-corrected chi connectivity index (χ1v) is 5.93. The van der Waals surface area contributed by atoms with E-state index in [1.54, 1.807) is 11.3 Å². The van der Waals surface area contributed by atoms with Crippen LogP contribution in [-0.2, 0) is 13.6 Å². The SMILES string of the molecule is Cc1ccsc1-c1cc(CN)c(C)n1C. The minimum atomic E-state index is 0.615. The van der Waals surface area contributed by atoms with Crippen LogP contribution in [0.25, 0.3) is 10.6 Å². The predicted octanol–water partition coefficient (Wildman–Crippen LogP) is 2.83. The largest absolute Gasteiger partial charge is 0.347 e. The van der Waals surface area contributed by atoms with E-state index in [1.807, 2.05) is 0 Å². The average Bonchev–Trinajstić information content (AvgIpc) is 2.74. The van der Waals surface area contributed by atoms with Crippen molar-refractivity contribution in [3.8, 4) is 10.6 Å². The minimum Gasteiger partial charge on any atom is -0.347 e. The summed E-state index contributed by atoms with van der Waals surface area (Å²) in [5.41, 5.74) is 10.8. The lowest BCUT2D eigenvalue weighted by Crippen LogP contribution is -1.99. The molecular formula is C12H16N2S. The first kappa shape index (κ1) is 10.5. The molecule has 2 aromatic rings. The molecule has 0 fully saturated rings. The van der Waals surface area contributed by atoms with Crippen molar-refractivity contribution >= 4 is 11.3 Å². The van der Waals surface area contributed by atoms with Crippen LogP contribution in [0.3, 0.4) is 0 Å². The first-order chi connectivity index (χ1) is 7.15. The van der Waals surface area contributed by atoms with Crippen LogP contribution in [0.4, 0.5) is 0 Å². The number of hydrogen-bond acceptors (Lipinski definition) is 2. The number of nitrogens with zero attached hydrogens (tertiary/aromatic N) is 1. The fraction of sp³-hybridized carbons (Fsp3) is 0.333. The van der Waals surface area contributed by atoms with Crippen molar-refractivity contribution < 1.29 is 0 Å². The maximum absolute atomic E-state index is 5.71. The molecule has 0 radical (unpaired) electrons. The molecule has 0 saturated heterocycles. The van der Waals surface area contributed by atoms with E-state index in [0.717, 1.165) is 0 Å². The van der Waals surface area contributed by atoms with E-state index in [4.69, 9.17) is 5.73 Å². The molecule has 2 aromatic heterocycles. The summed E-state index contributed by atoms with van der Waals surface area (Å²) in [6.45, 7) is 4.88. The lowest BCUT2D eigenvalue weighted by atomic mass is 10.2. The Morgan fingerprint density at radius 3 is 2.60 bits per heavy atom. The minimum absolute atomic E-state index is 0.615. The second-order valence-corrected chi connectivity index (χ2v) is 4.75. The van der Waals surface area contributed by atoms with E-state index in [-0.39, 0.29) is 0 Å². The normalized spacial score (nSPS) is 10.9. The van der Waals surface area contributed by atoms with E-state index in [2.05, 4.69) is 43.0 Å². The van der Waals surface area contributed by atoms with Crippen LogP contribution in [0.5, 0.6) is 0 Å². The molecule has 2 nitrogen and oxygen atoms in total. The summed E-state index contributed by atoms with van der Waals surface area (Å²) in [6.07, 6.45) is 0. The van der Waals surface area contributed by atoms with Crippen LogP contribution < -0.4 is 5.73 Å². The Morgan fingerprint density at radius 2 is 2.13 bits per heavy atom. The average molecular weight is 220 g/mol. The first-order valence-electron chi connectivity index (χ1n) is 5.05. The topological polar surface area (TPSA) is 30.9 Å². The zero-order valence-electron chi connectivity index (χ0n) is 9.37. The lowest BCUT2D eigenvalue weighted by Gasteiger charge is -2.04. The second-order valence-electron chi connectivity index (χ2n) is 3.84. The molecule has 2 rings (SSSR count). The van der Waals surface area contributed by atoms with Crippen LogP contribution in [0.15, 0.2) is 17.5 Å². The van der Waals surface area contributed by atoms with Crippen LogP contribution in [0.2, 0.25) is 0 Å². The van der Waals surface area contributed by atoms with Gasteiger partial charge in [-0.1, -0.05) is 0 Å². The Morgan fingerprint density at radius 1 is 1.40 bits per heavy atom. The third-order valence-electron chi connectivity index (χ3n) is 2.95. The van der Waals surface area contributed by atoms with Crippen molar-refractivity contribution in [2.75, 3.05) is 0 Å². The number of aromatic nitrogens is 1. The number of rotatable bonds is 2. The van der Waals surface area contributed by atoms with Crippen LogP contribution in [0, 0.1) is 13.8 Å². The van der Waals surface area contributed by atoms with Gasteiger partial charge in [0.15, 0.2) is 0 Å². The van der Waals surface area contributed by atoms with Gasteiger partial charge in [0.1, 0.15) is 0 Å². The van der Waals surface area contributed by atoms with Crippen molar-refractivity contribution in [1.29, 1.82) is 0 Å². The summed E-state index contributed by atoms with van der Waals surface area (Å²) in [5.74, 6) is 0. The highest BCUT2D eigenvalue weighted by atomic mass is 32.1. The lowest BCUT2D eigenvalue weighted by molar-refractivity contribution is 0.874. The van der Waals surface area contributed by atoms with Gasteiger partial charge in [-0.3, -0.25) is 0 Å². The zero-order valence-corrected chi connectivity index (χ0v) is 10.2. The van der Waals surface area contributed by atoms with Crippen LogP contribution >= 0.6 is 11.3 Å².